The lowest BCUT2D eigenvalue weighted by Gasteiger charge is -2.17. The second kappa shape index (κ2) is 7.81. The van der Waals surface area contributed by atoms with Gasteiger partial charge in [0.05, 0.1) is 18.6 Å². The van der Waals surface area contributed by atoms with Gasteiger partial charge in [-0.05, 0) is 30.2 Å². The molecule has 136 valence electrons. The maximum absolute atomic E-state index is 12.3. The molecule has 7 nitrogen and oxygen atoms in total. The molecule has 3 rings (SSSR count). The molecular weight excluding hydrogens is 350 g/mol. The van der Waals surface area contributed by atoms with Gasteiger partial charge in [-0.15, -0.1) is 21.5 Å². The molecule has 2 aromatic heterocycles. The van der Waals surface area contributed by atoms with E-state index in [4.69, 9.17) is 5.26 Å². The van der Waals surface area contributed by atoms with Gasteiger partial charge in [-0.3, -0.25) is 4.79 Å². The van der Waals surface area contributed by atoms with E-state index in [9.17, 15) is 9.90 Å². The van der Waals surface area contributed by atoms with Crippen LogP contribution in [-0.2, 0) is 11.2 Å². The van der Waals surface area contributed by atoms with Crippen molar-refractivity contribution in [1.29, 1.82) is 5.26 Å². The molecule has 26 heavy (non-hydrogen) atoms. The highest BCUT2D eigenvalue weighted by atomic mass is 32.1. The number of nitriles is 1. The molecule has 2 aromatic rings. The lowest BCUT2D eigenvalue weighted by Crippen LogP contribution is -2.43. The van der Waals surface area contributed by atoms with E-state index in [2.05, 4.69) is 35.4 Å². The Hall–Kier alpha value is -2.50. The van der Waals surface area contributed by atoms with E-state index in [1.165, 1.54) is 4.88 Å². The van der Waals surface area contributed by atoms with Gasteiger partial charge < -0.3 is 15.3 Å². The van der Waals surface area contributed by atoms with E-state index >= 15 is 0 Å². The minimum Gasteiger partial charge on any atom is -0.389 e. The Kier molecular flexibility index (Phi) is 5.49. The van der Waals surface area contributed by atoms with Crippen LogP contribution in [0.2, 0.25) is 0 Å². The van der Waals surface area contributed by atoms with Crippen LogP contribution < -0.4 is 10.2 Å². The third-order valence-electron chi connectivity index (χ3n) is 4.31. The van der Waals surface area contributed by atoms with Crippen molar-refractivity contribution < 1.29 is 9.90 Å². The zero-order valence-electron chi connectivity index (χ0n) is 14.7. The molecule has 0 aliphatic carbocycles. The number of nitrogens with one attached hydrogen (secondary N) is 1. The van der Waals surface area contributed by atoms with Crippen molar-refractivity contribution in [2.45, 2.75) is 38.3 Å². The third kappa shape index (κ3) is 4.18. The van der Waals surface area contributed by atoms with Gasteiger partial charge in [-0.1, -0.05) is 13.8 Å². The predicted octanol–water partition coefficient (Wildman–Crippen LogP) is 1.44. The highest BCUT2D eigenvalue weighted by molar-refractivity contribution is 7.12. The zero-order valence-corrected chi connectivity index (χ0v) is 15.5. The number of rotatable bonds is 5. The summed E-state index contributed by atoms with van der Waals surface area (Å²) in [5, 5.41) is 29.8. The molecule has 8 heteroatoms. The normalized spacial score (nSPS) is 19.6. The van der Waals surface area contributed by atoms with E-state index in [1.54, 1.807) is 23.5 Å². The maximum atomic E-state index is 12.3. The summed E-state index contributed by atoms with van der Waals surface area (Å²) in [6, 6.07) is 8.90. The molecule has 1 fully saturated rings. The third-order valence-corrected chi connectivity index (χ3v) is 5.70. The van der Waals surface area contributed by atoms with Crippen LogP contribution in [0.15, 0.2) is 24.3 Å². The Balaban J connectivity index is 1.57. The van der Waals surface area contributed by atoms with Crippen LogP contribution in [-0.4, -0.2) is 46.4 Å². The number of thiophene rings is 1. The summed E-state index contributed by atoms with van der Waals surface area (Å²) >= 11 is 1.65. The number of anilines is 1. The largest absolute Gasteiger partial charge is 0.389 e. The maximum Gasteiger partial charge on any atom is 0.225 e. The first-order chi connectivity index (χ1) is 12.5. The Bertz CT molecular complexity index is 812. The molecule has 0 spiro atoms. The van der Waals surface area contributed by atoms with E-state index in [1.807, 2.05) is 17.0 Å². The second-order valence-corrected chi connectivity index (χ2v) is 7.87. The van der Waals surface area contributed by atoms with Gasteiger partial charge in [0, 0.05) is 22.8 Å². The molecule has 2 N–H and O–H groups in total. The summed E-state index contributed by atoms with van der Waals surface area (Å²) < 4.78 is 0. The molecule has 0 saturated carbocycles. The molecule has 1 amide bonds. The number of aromatic nitrogens is 2. The number of β-amino-alcohol motifs (C(OH)–C–C–N with tert-alkyl or cyclic N) is 1. The number of carbonyl (C=O) groups is 1. The zero-order chi connectivity index (χ0) is 18.7. The molecule has 1 saturated heterocycles. The van der Waals surface area contributed by atoms with Gasteiger partial charge >= 0.3 is 0 Å². The average molecular weight is 371 g/mol. The average Bonchev–Trinajstić information content (AvgIpc) is 3.22. The van der Waals surface area contributed by atoms with E-state index in [0.717, 1.165) is 4.88 Å². The number of carbonyl (C=O) groups excluding carboxylic acids is 1. The summed E-state index contributed by atoms with van der Waals surface area (Å²) in [5.41, 5.74) is 0.245. The fraction of sp³-hybridized carbons (Fsp3) is 0.444. The monoisotopic (exact) mass is 371 g/mol. The topological polar surface area (TPSA) is 102 Å². The summed E-state index contributed by atoms with van der Waals surface area (Å²) in [4.78, 5) is 16.5. The number of aliphatic hydroxyl groups is 1. The van der Waals surface area contributed by atoms with Crippen molar-refractivity contribution in [3.63, 3.8) is 0 Å². The van der Waals surface area contributed by atoms with Crippen LogP contribution in [0, 0.1) is 11.3 Å². The molecule has 1 aliphatic heterocycles. The second-order valence-electron chi connectivity index (χ2n) is 6.67. The van der Waals surface area contributed by atoms with Crippen molar-refractivity contribution in [2.75, 3.05) is 18.0 Å². The summed E-state index contributed by atoms with van der Waals surface area (Å²) in [6.07, 6.45) is -0.358. The number of hydrogen-bond donors (Lipinski definition) is 2. The SMILES string of the molecule is CC(C)c1ccc(CC(=O)N[C@H]2CN(c3ccc(C#N)nn3)C[C@H]2O)s1. The van der Waals surface area contributed by atoms with Crippen molar-refractivity contribution in [3.8, 4) is 6.07 Å². The molecule has 0 aromatic carbocycles. The summed E-state index contributed by atoms with van der Waals surface area (Å²) in [6.45, 7) is 5.08. The molecule has 3 heterocycles. The van der Waals surface area contributed by atoms with Gasteiger partial charge in [0.15, 0.2) is 11.5 Å². The first-order valence-electron chi connectivity index (χ1n) is 8.51. The molecule has 2 atom stereocenters. The van der Waals surface area contributed by atoms with Crippen LogP contribution in [0.5, 0.6) is 0 Å². The standard InChI is InChI=1S/C18H21N5O2S/c1-11(2)16-5-4-13(26-16)7-18(25)20-14-9-23(10-15(14)24)17-6-3-12(8-19)21-22-17/h3-6,11,14-15,24H,7,9-10H2,1-2H3,(H,20,25)/t14-,15+/m0/s1. The number of aliphatic hydroxyl groups excluding tert-OH is 1. The first-order valence-corrected chi connectivity index (χ1v) is 9.32. The lowest BCUT2D eigenvalue weighted by atomic mass is 10.2. The lowest BCUT2D eigenvalue weighted by molar-refractivity contribution is -0.121. The Morgan fingerprint density at radius 3 is 2.81 bits per heavy atom. The fourth-order valence-corrected chi connectivity index (χ4v) is 3.90. The Morgan fingerprint density at radius 2 is 2.19 bits per heavy atom. The van der Waals surface area contributed by atoms with Crippen LogP contribution in [0.4, 0.5) is 5.82 Å². The molecular formula is C18H21N5O2S. The van der Waals surface area contributed by atoms with Crippen LogP contribution in [0.1, 0.15) is 35.2 Å². The van der Waals surface area contributed by atoms with Gasteiger partial charge in [0.2, 0.25) is 5.91 Å². The Labute approximate surface area is 156 Å². The fourth-order valence-electron chi connectivity index (χ4n) is 2.88. The van der Waals surface area contributed by atoms with E-state index in [-0.39, 0.29) is 17.6 Å². The van der Waals surface area contributed by atoms with E-state index in [0.29, 0.717) is 31.2 Å². The quantitative estimate of drug-likeness (QED) is 0.825. The summed E-state index contributed by atoms with van der Waals surface area (Å²) in [5.74, 6) is 0.939. The highest BCUT2D eigenvalue weighted by Gasteiger charge is 2.33. The van der Waals surface area contributed by atoms with Crippen LogP contribution in [0.3, 0.4) is 0 Å². The van der Waals surface area contributed by atoms with Gasteiger partial charge in [0.25, 0.3) is 0 Å². The Morgan fingerprint density at radius 1 is 1.38 bits per heavy atom. The van der Waals surface area contributed by atoms with Crippen molar-refractivity contribution in [1.82, 2.24) is 15.5 Å². The molecule has 1 aliphatic rings. The van der Waals surface area contributed by atoms with E-state index < -0.39 is 6.10 Å². The minimum absolute atomic E-state index is 0.0982. The van der Waals surface area contributed by atoms with Crippen molar-refractivity contribution >= 4 is 23.1 Å². The van der Waals surface area contributed by atoms with Gasteiger partial charge in [-0.2, -0.15) is 5.26 Å². The molecule has 0 unspecified atom stereocenters. The smallest absolute Gasteiger partial charge is 0.225 e. The molecule has 0 bridgehead atoms. The van der Waals surface area contributed by atoms with Gasteiger partial charge in [-0.25, -0.2) is 0 Å². The van der Waals surface area contributed by atoms with Crippen molar-refractivity contribution in [3.05, 3.63) is 39.7 Å². The minimum atomic E-state index is -0.675. The molecule has 0 radical (unpaired) electrons. The predicted molar refractivity (Wildman–Crippen MR) is 99.0 cm³/mol. The van der Waals surface area contributed by atoms with Crippen LogP contribution in [0.25, 0.3) is 0 Å². The summed E-state index contributed by atoms with van der Waals surface area (Å²) in [7, 11) is 0. The number of hydrogen-bond acceptors (Lipinski definition) is 7. The number of amides is 1. The van der Waals surface area contributed by atoms with Gasteiger partial charge in [0.1, 0.15) is 6.07 Å². The van der Waals surface area contributed by atoms with Crippen LogP contribution >= 0.6 is 11.3 Å². The number of nitrogens with zero attached hydrogens (tertiary/aromatic N) is 4. The highest BCUT2D eigenvalue weighted by Crippen LogP contribution is 2.24. The first kappa shape index (κ1) is 18.3. The van der Waals surface area contributed by atoms with Crippen molar-refractivity contribution in [2.24, 2.45) is 0 Å².